The van der Waals surface area contributed by atoms with Gasteiger partial charge in [-0.25, -0.2) is 0 Å². The quantitative estimate of drug-likeness (QED) is 0.757. The van der Waals surface area contributed by atoms with Crippen LogP contribution in [-0.4, -0.2) is 32.0 Å². The first kappa shape index (κ1) is 17.8. The maximum absolute atomic E-state index is 12.1. The summed E-state index contributed by atoms with van der Waals surface area (Å²) in [5.74, 6) is 0.171. The molecule has 0 bridgehead atoms. The number of hydrogen-bond donors (Lipinski definition) is 2. The number of ether oxygens (including phenoxy) is 1. The minimum absolute atomic E-state index is 0.108. The van der Waals surface area contributed by atoms with Crippen molar-refractivity contribution in [1.82, 2.24) is 10.6 Å². The Bertz CT molecular complexity index is 702. The third-order valence-electron chi connectivity index (χ3n) is 3.36. The highest BCUT2D eigenvalue weighted by molar-refractivity contribution is 6.30. The topological polar surface area (TPSA) is 67.4 Å². The summed E-state index contributed by atoms with van der Waals surface area (Å²) in [5.41, 5.74) is 1.35. The number of hydrogen-bond acceptors (Lipinski definition) is 3. The molecule has 2 rings (SSSR count). The van der Waals surface area contributed by atoms with Gasteiger partial charge in [0.2, 0.25) is 5.91 Å². The number of amides is 2. The van der Waals surface area contributed by atoms with Gasteiger partial charge in [0.1, 0.15) is 5.75 Å². The fraction of sp³-hybridized carbons (Fsp3) is 0.222. The fourth-order valence-electron chi connectivity index (χ4n) is 2.16. The zero-order valence-corrected chi connectivity index (χ0v) is 14.1. The van der Waals surface area contributed by atoms with E-state index in [1.165, 1.54) is 7.11 Å². The largest absolute Gasteiger partial charge is 0.496 e. The maximum atomic E-state index is 12.1. The normalized spacial score (nSPS) is 10.1. The van der Waals surface area contributed by atoms with E-state index in [9.17, 15) is 9.59 Å². The van der Waals surface area contributed by atoms with Crippen molar-refractivity contribution in [3.63, 3.8) is 0 Å². The number of rotatable bonds is 7. The second-order valence-corrected chi connectivity index (χ2v) is 5.55. The lowest BCUT2D eigenvalue weighted by Crippen LogP contribution is -2.35. The van der Waals surface area contributed by atoms with Crippen LogP contribution in [0.4, 0.5) is 0 Å². The zero-order chi connectivity index (χ0) is 17.4. The Balaban J connectivity index is 1.73. The molecule has 0 unspecified atom stereocenters. The van der Waals surface area contributed by atoms with Crippen molar-refractivity contribution in [3.05, 3.63) is 64.7 Å². The Morgan fingerprint density at radius 2 is 1.67 bits per heavy atom. The minimum atomic E-state index is -0.237. The molecule has 0 heterocycles. The van der Waals surface area contributed by atoms with Crippen LogP contribution in [0.1, 0.15) is 15.9 Å². The molecule has 5 nitrogen and oxygen atoms in total. The van der Waals surface area contributed by atoms with Gasteiger partial charge in [0.15, 0.2) is 0 Å². The molecule has 6 heteroatoms. The molecule has 0 aliphatic carbocycles. The molecule has 0 atom stereocenters. The van der Waals surface area contributed by atoms with Crippen molar-refractivity contribution in [3.8, 4) is 5.75 Å². The predicted octanol–water partition coefficient (Wildman–Crippen LogP) is 2.44. The van der Waals surface area contributed by atoms with Crippen LogP contribution in [0.25, 0.3) is 0 Å². The molecular weight excluding hydrogens is 328 g/mol. The van der Waals surface area contributed by atoms with Crippen LogP contribution in [0.5, 0.6) is 5.75 Å². The summed E-state index contributed by atoms with van der Waals surface area (Å²) in [7, 11) is 1.52. The summed E-state index contributed by atoms with van der Waals surface area (Å²) in [4.78, 5) is 23.9. The zero-order valence-electron chi connectivity index (χ0n) is 13.3. The molecule has 2 aromatic rings. The van der Waals surface area contributed by atoms with Crippen molar-refractivity contribution < 1.29 is 14.3 Å². The molecule has 0 spiro atoms. The van der Waals surface area contributed by atoms with Crippen molar-refractivity contribution in [1.29, 1.82) is 0 Å². The average molecular weight is 347 g/mol. The van der Waals surface area contributed by atoms with Gasteiger partial charge in [-0.3, -0.25) is 9.59 Å². The Labute approximate surface area is 146 Å². The highest BCUT2D eigenvalue weighted by Crippen LogP contribution is 2.16. The van der Waals surface area contributed by atoms with Crippen molar-refractivity contribution >= 4 is 23.4 Å². The van der Waals surface area contributed by atoms with E-state index in [2.05, 4.69) is 10.6 Å². The summed E-state index contributed by atoms with van der Waals surface area (Å²) in [6, 6.07) is 14.1. The number of halogens is 1. The molecule has 2 amide bonds. The number of nitrogens with one attached hydrogen (secondary N) is 2. The van der Waals surface area contributed by atoms with Crippen LogP contribution in [0, 0.1) is 0 Å². The van der Waals surface area contributed by atoms with Crippen LogP contribution in [0.15, 0.2) is 48.5 Å². The van der Waals surface area contributed by atoms with Crippen LogP contribution in [0.3, 0.4) is 0 Å². The molecule has 126 valence electrons. The first-order valence-electron chi connectivity index (χ1n) is 7.52. The van der Waals surface area contributed by atoms with E-state index in [4.69, 9.17) is 16.3 Å². The standard InChI is InChI=1S/C18H19ClN2O3/c1-24-16-5-3-2-4-15(16)18(23)21-11-10-20-17(22)12-13-6-8-14(19)9-7-13/h2-9H,10-12H2,1H3,(H,20,22)(H,21,23). The van der Waals surface area contributed by atoms with E-state index < -0.39 is 0 Å². The van der Waals surface area contributed by atoms with Crippen molar-refractivity contribution in [2.75, 3.05) is 20.2 Å². The predicted molar refractivity (Wildman–Crippen MR) is 93.5 cm³/mol. The van der Waals surface area contributed by atoms with Crippen LogP contribution in [-0.2, 0) is 11.2 Å². The van der Waals surface area contributed by atoms with E-state index in [1.54, 1.807) is 36.4 Å². The first-order valence-corrected chi connectivity index (χ1v) is 7.90. The van der Waals surface area contributed by atoms with E-state index >= 15 is 0 Å². The maximum Gasteiger partial charge on any atom is 0.255 e. The molecule has 0 aliphatic rings. The van der Waals surface area contributed by atoms with Gasteiger partial charge in [-0.1, -0.05) is 35.9 Å². The molecule has 0 aromatic heterocycles. The Morgan fingerprint density at radius 3 is 2.38 bits per heavy atom. The molecule has 24 heavy (non-hydrogen) atoms. The summed E-state index contributed by atoms with van der Waals surface area (Å²) in [5, 5.41) is 6.15. The third-order valence-corrected chi connectivity index (χ3v) is 3.61. The van der Waals surface area contributed by atoms with E-state index in [0.717, 1.165) is 5.56 Å². The molecule has 2 N–H and O–H groups in total. The highest BCUT2D eigenvalue weighted by atomic mass is 35.5. The highest BCUT2D eigenvalue weighted by Gasteiger charge is 2.10. The Hall–Kier alpha value is -2.53. The van der Waals surface area contributed by atoms with Crippen LogP contribution >= 0.6 is 11.6 Å². The van der Waals surface area contributed by atoms with Gasteiger partial charge in [-0.05, 0) is 29.8 Å². The van der Waals surface area contributed by atoms with Crippen molar-refractivity contribution in [2.24, 2.45) is 0 Å². The van der Waals surface area contributed by atoms with Gasteiger partial charge >= 0.3 is 0 Å². The van der Waals surface area contributed by atoms with Gasteiger partial charge in [0.05, 0.1) is 19.1 Å². The number of methoxy groups -OCH3 is 1. The van der Waals surface area contributed by atoms with E-state index in [0.29, 0.717) is 29.4 Å². The summed E-state index contributed by atoms with van der Waals surface area (Å²) in [6.07, 6.45) is 0.275. The summed E-state index contributed by atoms with van der Waals surface area (Å²) in [6.45, 7) is 0.691. The smallest absolute Gasteiger partial charge is 0.255 e. The molecule has 0 aliphatic heterocycles. The fourth-order valence-corrected chi connectivity index (χ4v) is 2.28. The second-order valence-electron chi connectivity index (χ2n) is 5.11. The molecule has 0 fully saturated rings. The van der Waals surface area contributed by atoms with E-state index in [-0.39, 0.29) is 18.2 Å². The summed E-state index contributed by atoms with van der Waals surface area (Å²) < 4.78 is 5.15. The summed E-state index contributed by atoms with van der Waals surface area (Å²) >= 11 is 5.80. The lowest BCUT2D eigenvalue weighted by Gasteiger charge is -2.10. The molecule has 2 aromatic carbocycles. The number of para-hydroxylation sites is 1. The lowest BCUT2D eigenvalue weighted by molar-refractivity contribution is -0.120. The average Bonchev–Trinajstić information content (AvgIpc) is 2.60. The van der Waals surface area contributed by atoms with Gasteiger partial charge < -0.3 is 15.4 Å². The molecule has 0 saturated carbocycles. The van der Waals surface area contributed by atoms with Gasteiger partial charge in [-0.15, -0.1) is 0 Å². The molecular formula is C18H19ClN2O3. The van der Waals surface area contributed by atoms with Gasteiger partial charge in [0.25, 0.3) is 5.91 Å². The Morgan fingerprint density at radius 1 is 1.00 bits per heavy atom. The molecule has 0 radical (unpaired) electrons. The minimum Gasteiger partial charge on any atom is -0.496 e. The lowest BCUT2D eigenvalue weighted by atomic mass is 10.1. The monoisotopic (exact) mass is 346 g/mol. The van der Waals surface area contributed by atoms with E-state index in [1.807, 2.05) is 12.1 Å². The first-order chi connectivity index (χ1) is 11.6. The van der Waals surface area contributed by atoms with Crippen molar-refractivity contribution in [2.45, 2.75) is 6.42 Å². The molecule has 0 saturated heterocycles. The number of carbonyl (C=O) groups excluding carboxylic acids is 2. The third kappa shape index (κ3) is 5.28. The van der Waals surface area contributed by atoms with Gasteiger partial charge in [0, 0.05) is 18.1 Å². The van der Waals surface area contributed by atoms with Crippen LogP contribution < -0.4 is 15.4 Å². The van der Waals surface area contributed by atoms with Crippen LogP contribution in [0.2, 0.25) is 5.02 Å². The van der Waals surface area contributed by atoms with Gasteiger partial charge in [-0.2, -0.15) is 0 Å². The SMILES string of the molecule is COc1ccccc1C(=O)NCCNC(=O)Cc1ccc(Cl)cc1. The second kappa shape index (κ2) is 8.93. The number of benzene rings is 2. The number of carbonyl (C=O) groups is 2. The Kier molecular flexibility index (Phi) is 6.63.